The van der Waals surface area contributed by atoms with Crippen molar-refractivity contribution >= 4 is 11.4 Å². The Bertz CT molecular complexity index is 936. The van der Waals surface area contributed by atoms with Gasteiger partial charge in [0, 0.05) is 18.4 Å². The van der Waals surface area contributed by atoms with Crippen LogP contribution in [0.1, 0.15) is 19.4 Å². The van der Waals surface area contributed by atoms with Crippen LogP contribution in [-0.4, -0.2) is 20.9 Å². The first-order valence-corrected chi connectivity index (χ1v) is 8.02. The maximum absolute atomic E-state index is 12.9. The molecular weight excluding hydrogens is 302 g/mol. The van der Waals surface area contributed by atoms with Gasteiger partial charge in [0.15, 0.2) is 0 Å². The molecule has 5 nitrogen and oxygen atoms in total. The van der Waals surface area contributed by atoms with Crippen LogP contribution < -0.4 is 10.9 Å². The summed E-state index contributed by atoms with van der Waals surface area (Å²) in [5.41, 5.74) is 3.05. The van der Waals surface area contributed by atoms with Gasteiger partial charge in [0.2, 0.25) is 5.91 Å². The highest BCUT2D eigenvalue weighted by Crippen LogP contribution is 2.19. The van der Waals surface area contributed by atoms with Crippen molar-refractivity contribution in [3.8, 4) is 11.3 Å². The molecule has 3 aromatic rings. The molecule has 0 saturated carbocycles. The van der Waals surface area contributed by atoms with Gasteiger partial charge in [0.1, 0.15) is 12.1 Å². The molecule has 0 saturated heterocycles. The fourth-order valence-corrected chi connectivity index (χ4v) is 2.85. The van der Waals surface area contributed by atoms with Crippen LogP contribution in [0.25, 0.3) is 16.8 Å². The van der Waals surface area contributed by atoms with Crippen LogP contribution >= 0.6 is 0 Å². The van der Waals surface area contributed by atoms with E-state index in [1.807, 2.05) is 74.0 Å². The summed E-state index contributed by atoms with van der Waals surface area (Å²) in [6.07, 6.45) is 3.82. The molecule has 0 aliphatic carbocycles. The summed E-state index contributed by atoms with van der Waals surface area (Å²) in [5.74, 6) is -0.170. The van der Waals surface area contributed by atoms with Crippen LogP contribution in [0.2, 0.25) is 0 Å². The van der Waals surface area contributed by atoms with Crippen LogP contribution in [0.5, 0.6) is 0 Å². The first kappa shape index (κ1) is 16.1. The van der Waals surface area contributed by atoms with Crippen LogP contribution in [-0.2, 0) is 11.3 Å². The van der Waals surface area contributed by atoms with E-state index in [0.717, 1.165) is 16.8 Å². The third-order valence-electron chi connectivity index (χ3n) is 3.82. The molecule has 0 fully saturated rings. The summed E-state index contributed by atoms with van der Waals surface area (Å²) in [6, 6.07) is 11.5. The van der Waals surface area contributed by atoms with Gasteiger partial charge < -0.3 is 9.72 Å². The minimum atomic E-state index is -0.170. The average Bonchev–Trinajstić information content (AvgIpc) is 2.91. The molecule has 124 valence electrons. The zero-order valence-corrected chi connectivity index (χ0v) is 14.1. The van der Waals surface area contributed by atoms with E-state index < -0.39 is 0 Å². The van der Waals surface area contributed by atoms with E-state index >= 15 is 0 Å². The van der Waals surface area contributed by atoms with Gasteiger partial charge in [0.25, 0.3) is 5.56 Å². The normalized spacial score (nSPS) is 11.2. The predicted molar refractivity (Wildman–Crippen MR) is 95.1 cm³/mol. The number of benzene rings is 1. The Morgan fingerprint density at radius 3 is 2.54 bits per heavy atom. The van der Waals surface area contributed by atoms with Gasteiger partial charge >= 0.3 is 0 Å². The average molecular weight is 323 g/mol. The Kier molecular flexibility index (Phi) is 4.25. The van der Waals surface area contributed by atoms with Crippen LogP contribution in [0.15, 0.2) is 53.6 Å². The molecule has 0 radical (unpaired) electrons. The molecule has 0 aliphatic heterocycles. The number of rotatable bonds is 4. The molecule has 1 N–H and O–H groups in total. The van der Waals surface area contributed by atoms with Gasteiger partial charge in [-0.2, -0.15) is 0 Å². The van der Waals surface area contributed by atoms with Gasteiger partial charge in [0.05, 0.1) is 5.69 Å². The molecule has 0 bridgehead atoms. The molecule has 0 unspecified atom stereocenters. The molecule has 0 atom stereocenters. The number of carbonyl (C=O) groups is 1. The third-order valence-corrected chi connectivity index (χ3v) is 3.82. The second kappa shape index (κ2) is 6.35. The van der Waals surface area contributed by atoms with E-state index in [9.17, 15) is 9.59 Å². The quantitative estimate of drug-likeness (QED) is 0.802. The molecule has 1 aromatic carbocycles. The number of nitrogens with zero attached hydrogens (tertiary/aromatic N) is 2. The number of amides is 1. The maximum atomic E-state index is 12.9. The van der Waals surface area contributed by atoms with E-state index in [2.05, 4.69) is 5.32 Å². The number of carbonyl (C=O) groups excluding carboxylic acids is 1. The standard InChI is InChI=1S/C19H21N3O2/c1-13(2)20-18(23)12-22-17(15-7-5-4-6-8-15)11-21-10-14(3)9-16(21)19(22)24/h4-11,13H,12H2,1-3H3,(H,20,23). The molecule has 0 aliphatic rings. The first-order chi connectivity index (χ1) is 11.5. The van der Waals surface area contributed by atoms with Gasteiger partial charge in [-0.25, -0.2) is 0 Å². The lowest BCUT2D eigenvalue weighted by Crippen LogP contribution is -2.36. The first-order valence-electron chi connectivity index (χ1n) is 8.02. The van der Waals surface area contributed by atoms with Crippen molar-refractivity contribution in [1.82, 2.24) is 14.3 Å². The van der Waals surface area contributed by atoms with Crippen molar-refractivity contribution in [2.24, 2.45) is 0 Å². The van der Waals surface area contributed by atoms with E-state index in [1.165, 1.54) is 0 Å². The third kappa shape index (κ3) is 3.11. The van der Waals surface area contributed by atoms with E-state index in [0.29, 0.717) is 5.52 Å². The number of aryl methyl sites for hydroxylation is 1. The highest BCUT2D eigenvalue weighted by molar-refractivity contribution is 5.77. The van der Waals surface area contributed by atoms with E-state index in [1.54, 1.807) is 4.57 Å². The molecule has 3 rings (SSSR count). The minimum absolute atomic E-state index is 0.00195. The van der Waals surface area contributed by atoms with Crippen molar-refractivity contribution in [2.75, 3.05) is 0 Å². The van der Waals surface area contributed by atoms with Crippen molar-refractivity contribution in [3.05, 3.63) is 64.7 Å². The fourth-order valence-electron chi connectivity index (χ4n) is 2.85. The number of fused-ring (bicyclic) bond motifs is 1. The van der Waals surface area contributed by atoms with Crippen molar-refractivity contribution < 1.29 is 4.79 Å². The molecule has 1 amide bonds. The molecule has 5 heteroatoms. The van der Waals surface area contributed by atoms with Crippen molar-refractivity contribution in [2.45, 2.75) is 33.4 Å². The highest BCUT2D eigenvalue weighted by atomic mass is 16.2. The SMILES string of the molecule is Cc1cc2c(=O)n(CC(=O)NC(C)C)c(-c3ccccc3)cn2c1. The number of hydrogen-bond donors (Lipinski definition) is 1. The second-order valence-corrected chi connectivity index (χ2v) is 6.30. The predicted octanol–water partition coefficient (Wildman–Crippen LogP) is 2.60. The van der Waals surface area contributed by atoms with E-state index in [-0.39, 0.29) is 24.1 Å². The zero-order valence-electron chi connectivity index (χ0n) is 14.1. The summed E-state index contributed by atoms with van der Waals surface area (Å²) < 4.78 is 3.37. The number of hydrogen-bond acceptors (Lipinski definition) is 2. The maximum Gasteiger partial charge on any atom is 0.275 e. The lowest BCUT2D eigenvalue weighted by Gasteiger charge is -2.15. The molecule has 24 heavy (non-hydrogen) atoms. The summed E-state index contributed by atoms with van der Waals surface area (Å²) in [6.45, 7) is 5.75. The fraction of sp³-hybridized carbons (Fsp3) is 0.263. The van der Waals surface area contributed by atoms with Crippen molar-refractivity contribution in [3.63, 3.8) is 0 Å². The van der Waals surface area contributed by atoms with E-state index in [4.69, 9.17) is 0 Å². The monoisotopic (exact) mass is 323 g/mol. The summed E-state index contributed by atoms with van der Waals surface area (Å²) in [4.78, 5) is 25.1. The largest absolute Gasteiger partial charge is 0.352 e. The Morgan fingerprint density at radius 2 is 1.88 bits per heavy atom. The molecular formula is C19H21N3O2. The van der Waals surface area contributed by atoms with Gasteiger partial charge in [-0.05, 0) is 38.0 Å². The minimum Gasteiger partial charge on any atom is -0.352 e. The lowest BCUT2D eigenvalue weighted by atomic mass is 10.1. The summed E-state index contributed by atoms with van der Waals surface area (Å²) >= 11 is 0. The van der Waals surface area contributed by atoms with Crippen molar-refractivity contribution in [1.29, 1.82) is 0 Å². The van der Waals surface area contributed by atoms with Crippen LogP contribution in [0.3, 0.4) is 0 Å². The van der Waals surface area contributed by atoms with Crippen LogP contribution in [0, 0.1) is 6.92 Å². The van der Waals surface area contributed by atoms with Gasteiger partial charge in [-0.3, -0.25) is 14.2 Å². The number of aromatic nitrogens is 2. The second-order valence-electron chi connectivity index (χ2n) is 6.30. The molecule has 2 aromatic heterocycles. The Morgan fingerprint density at radius 1 is 1.17 bits per heavy atom. The zero-order chi connectivity index (χ0) is 17.3. The Hall–Kier alpha value is -2.82. The highest BCUT2D eigenvalue weighted by Gasteiger charge is 2.15. The molecule has 0 spiro atoms. The number of nitrogens with one attached hydrogen (secondary N) is 1. The lowest BCUT2D eigenvalue weighted by molar-refractivity contribution is -0.122. The summed E-state index contributed by atoms with van der Waals surface area (Å²) in [7, 11) is 0. The summed E-state index contributed by atoms with van der Waals surface area (Å²) in [5, 5.41) is 2.84. The Labute approximate surface area is 140 Å². The Balaban J connectivity index is 2.18. The van der Waals surface area contributed by atoms with Gasteiger partial charge in [-0.15, -0.1) is 0 Å². The molecule has 2 heterocycles. The van der Waals surface area contributed by atoms with Gasteiger partial charge in [-0.1, -0.05) is 30.3 Å². The topological polar surface area (TPSA) is 55.5 Å². The smallest absolute Gasteiger partial charge is 0.275 e. The van der Waals surface area contributed by atoms with Crippen LogP contribution in [0.4, 0.5) is 0 Å².